The van der Waals surface area contributed by atoms with Gasteiger partial charge >= 0.3 is 0 Å². The maximum Gasteiger partial charge on any atom is 0.256 e. The monoisotopic (exact) mass is 151 g/mol. The van der Waals surface area contributed by atoms with E-state index in [9.17, 15) is 13.6 Å². The Balaban J connectivity index is 2.35. The molecule has 1 aliphatic rings. The fourth-order valence-corrected chi connectivity index (χ4v) is 0.739. The molecule has 1 fully saturated rings. The number of nitrogens with one attached hydrogen (secondary N) is 1. The van der Waals surface area contributed by atoms with Gasteiger partial charge in [-0.25, -0.2) is 8.78 Å². The van der Waals surface area contributed by atoms with Crippen LogP contribution in [-0.4, -0.2) is 31.6 Å². The molecule has 0 aromatic rings. The average molecular weight is 151 g/mol. The molecule has 5 heteroatoms. The summed E-state index contributed by atoms with van der Waals surface area (Å²) in [5, 5.41) is 2.30. The first kappa shape index (κ1) is 7.56. The van der Waals surface area contributed by atoms with E-state index in [4.69, 9.17) is 0 Å². The van der Waals surface area contributed by atoms with E-state index in [1.54, 1.807) is 0 Å². The van der Waals surface area contributed by atoms with Crippen LogP contribution in [0.3, 0.4) is 0 Å². The summed E-state index contributed by atoms with van der Waals surface area (Å²) in [6, 6.07) is -0.991. The first-order valence-corrected chi connectivity index (χ1v) is 2.85. The van der Waals surface area contributed by atoms with Crippen molar-refractivity contribution in [2.45, 2.75) is 18.7 Å². The molecule has 0 amide bonds. The van der Waals surface area contributed by atoms with Crippen LogP contribution in [0.1, 0.15) is 0 Å². The molecular weight excluding hydrogens is 144 g/mol. The van der Waals surface area contributed by atoms with Crippen molar-refractivity contribution in [2.24, 2.45) is 0 Å². The van der Waals surface area contributed by atoms with E-state index in [1.807, 2.05) is 0 Å². The summed E-state index contributed by atoms with van der Waals surface area (Å²) in [4.78, 5) is 9.94. The van der Waals surface area contributed by atoms with Crippen LogP contribution in [0.5, 0.6) is 0 Å². The Morgan fingerprint density at radius 2 is 2.40 bits per heavy atom. The Kier molecular flexibility index (Phi) is 2.29. The zero-order chi connectivity index (χ0) is 7.56. The molecular formula is C5H7F2NO2. The maximum atomic E-state index is 11.8. The topological polar surface area (TPSA) is 38.3 Å². The predicted octanol–water partition coefficient (Wildman–Crippen LogP) is -0.235. The fourth-order valence-electron chi connectivity index (χ4n) is 0.739. The van der Waals surface area contributed by atoms with E-state index in [1.165, 1.54) is 0 Å². The van der Waals surface area contributed by atoms with Gasteiger partial charge in [-0.2, -0.15) is 0 Å². The number of hydrogen-bond donors (Lipinski definition) is 1. The third kappa shape index (κ3) is 1.48. The van der Waals surface area contributed by atoms with Crippen molar-refractivity contribution in [1.29, 1.82) is 0 Å². The number of hydrogen-bond acceptors (Lipinski definition) is 3. The maximum absolute atomic E-state index is 11.8. The standard InChI is InChI=1S/C5H7F2NO2/c6-5(7)3-2-10-4(1-9)8-3/h1,3-5,8H,2H2/t3-,4?/m0/s1. The lowest BCUT2D eigenvalue weighted by Gasteiger charge is -2.05. The van der Waals surface area contributed by atoms with Gasteiger partial charge in [0.05, 0.1) is 12.6 Å². The van der Waals surface area contributed by atoms with E-state index < -0.39 is 18.7 Å². The smallest absolute Gasteiger partial charge is 0.256 e. The summed E-state index contributed by atoms with van der Waals surface area (Å²) in [6.07, 6.45) is -2.86. The quantitative estimate of drug-likeness (QED) is 0.554. The van der Waals surface area contributed by atoms with Crippen molar-refractivity contribution in [3.63, 3.8) is 0 Å². The highest BCUT2D eigenvalue weighted by atomic mass is 19.3. The summed E-state index contributed by atoms with van der Waals surface area (Å²) in [5.74, 6) is 0. The zero-order valence-corrected chi connectivity index (χ0v) is 5.09. The van der Waals surface area contributed by atoms with Crippen molar-refractivity contribution in [3.8, 4) is 0 Å². The van der Waals surface area contributed by atoms with Crippen LogP contribution in [0.4, 0.5) is 8.78 Å². The Morgan fingerprint density at radius 3 is 2.70 bits per heavy atom. The molecule has 1 aliphatic heterocycles. The normalized spacial score (nSPS) is 33.1. The predicted molar refractivity (Wildman–Crippen MR) is 28.7 cm³/mol. The first-order chi connectivity index (χ1) is 4.74. The molecule has 2 atom stereocenters. The molecule has 10 heavy (non-hydrogen) atoms. The highest BCUT2D eigenvalue weighted by molar-refractivity contribution is 5.55. The van der Waals surface area contributed by atoms with Gasteiger partial charge in [0.2, 0.25) is 0 Å². The first-order valence-electron chi connectivity index (χ1n) is 2.85. The minimum atomic E-state index is -2.47. The minimum Gasteiger partial charge on any atom is -0.354 e. The molecule has 1 unspecified atom stereocenters. The third-order valence-electron chi connectivity index (χ3n) is 1.26. The van der Waals surface area contributed by atoms with Crippen molar-refractivity contribution in [3.05, 3.63) is 0 Å². The Bertz CT molecular complexity index is 131. The van der Waals surface area contributed by atoms with Gasteiger partial charge in [0.15, 0.2) is 12.5 Å². The number of rotatable bonds is 2. The number of halogens is 2. The molecule has 58 valence electrons. The van der Waals surface area contributed by atoms with Gasteiger partial charge in [-0.3, -0.25) is 10.1 Å². The number of alkyl halides is 2. The second-order valence-electron chi connectivity index (χ2n) is 2.00. The Morgan fingerprint density at radius 1 is 1.70 bits per heavy atom. The molecule has 0 spiro atoms. The summed E-state index contributed by atoms with van der Waals surface area (Å²) < 4.78 is 28.2. The largest absolute Gasteiger partial charge is 0.354 e. The lowest BCUT2D eigenvalue weighted by molar-refractivity contribution is -0.116. The number of ether oxygens (including phenoxy) is 1. The Labute approximate surface area is 56.3 Å². The molecule has 1 rings (SSSR count). The van der Waals surface area contributed by atoms with Crippen LogP contribution in [0.25, 0.3) is 0 Å². The number of aldehydes is 1. The van der Waals surface area contributed by atoms with E-state index in [-0.39, 0.29) is 6.61 Å². The third-order valence-corrected chi connectivity index (χ3v) is 1.26. The lowest BCUT2D eigenvalue weighted by Crippen LogP contribution is -2.36. The van der Waals surface area contributed by atoms with Crippen LogP contribution in [-0.2, 0) is 9.53 Å². The van der Waals surface area contributed by atoms with Gasteiger partial charge in [-0.1, -0.05) is 0 Å². The van der Waals surface area contributed by atoms with Crippen LogP contribution in [0.15, 0.2) is 0 Å². The fraction of sp³-hybridized carbons (Fsp3) is 0.800. The van der Waals surface area contributed by atoms with E-state index in [2.05, 4.69) is 10.1 Å². The summed E-state index contributed by atoms with van der Waals surface area (Å²) in [7, 11) is 0. The van der Waals surface area contributed by atoms with Gasteiger partial charge in [0.25, 0.3) is 6.43 Å². The molecule has 3 nitrogen and oxygen atoms in total. The van der Waals surface area contributed by atoms with Crippen molar-refractivity contribution < 1.29 is 18.3 Å². The van der Waals surface area contributed by atoms with Crippen LogP contribution in [0.2, 0.25) is 0 Å². The zero-order valence-electron chi connectivity index (χ0n) is 5.09. The molecule has 0 radical (unpaired) electrons. The molecule has 0 aromatic heterocycles. The van der Waals surface area contributed by atoms with Crippen LogP contribution in [0, 0.1) is 0 Å². The lowest BCUT2D eigenvalue weighted by atomic mass is 10.3. The van der Waals surface area contributed by atoms with Gasteiger partial charge in [0.1, 0.15) is 0 Å². The molecule has 0 aromatic carbocycles. The van der Waals surface area contributed by atoms with Crippen LogP contribution >= 0.6 is 0 Å². The van der Waals surface area contributed by atoms with E-state index in [0.29, 0.717) is 6.29 Å². The molecule has 1 saturated heterocycles. The van der Waals surface area contributed by atoms with Gasteiger partial charge in [-0.15, -0.1) is 0 Å². The summed E-state index contributed by atoms with van der Waals surface area (Å²) in [5.41, 5.74) is 0. The van der Waals surface area contributed by atoms with Crippen molar-refractivity contribution in [1.82, 2.24) is 5.32 Å². The second-order valence-corrected chi connectivity index (χ2v) is 2.00. The van der Waals surface area contributed by atoms with Gasteiger partial charge in [0, 0.05) is 0 Å². The van der Waals surface area contributed by atoms with Gasteiger partial charge < -0.3 is 4.74 Å². The van der Waals surface area contributed by atoms with Crippen LogP contribution < -0.4 is 5.32 Å². The van der Waals surface area contributed by atoms with E-state index >= 15 is 0 Å². The molecule has 1 heterocycles. The van der Waals surface area contributed by atoms with E-state index in [0.717, 1.165) is 0 Å². The highest BCUT2D eigenvalue weighted by Crippen LogP contribution is 2.08. The Hall–Kier alpha value is -0.550. The molecule has 0 saturated carbocycles. The SMILES string of the molecule is O=CC1N[C@H](C(F)F)CO1. The summed E-state index contributed by atoms with van der Waals surface area (Å²) >= 11 is 0. The van der Waals surface area contributed by atoms with Crippen molar-refractivity contribution in [2.75, 3.05) is 6.61 Å². The average Bonchev–Trinajstić information content (AvgIpc) is 2.34. The summed E-state index contributed by atoms with van der Waals surface area (Å²) in [6.45, 7) is -0.0962. The minimum absolute atomic E-state index is 0.0962. The molecule has 0 bridgehead atoms. The second kappa shape index (κ2) is 3.03. The number of carbonyl (C=O) groups is 1. The van der Waals surface area contributed by atoms with Crippen molar-refractivity contribution >= 4 is 6.29 Å². The molecule has 0 aliphatic carbocycles. The highest BCUT2D eigenvalue weighted by Gasteiger charge is 2.30. The van der Waals surface area contributed by atoms with Gasteiger partial charge in [-0.05, 0) is 0 Å². The molecule has 1 N–H and O–H groups in total. The number of carbonyl (C=O) groups excluding carboxylic acids is 1.